The van der Waals surface area contributed by atoms with Crippen LogP contribution in [0.1, 0.15) is 18.9 Å². The van der Waals surface area contributed by atoms with Crippen molar-refractivity contribution in [3.05, 3.63) is 34.9 Å². The van der Waals surface area contributed by atoms with Crippen LogP contribution < -0.4 is 0 Å². The number of hydrogen-bond donors (Lipinski definition) is 0. The Hall–Kier alpha value is -1.63. The quantitative estimate of drug-likeness (QED) is 0.788. The topological polar surface area (TPSA) is 71.1 Å². The second-order valence-electron chi connectivity index (χ2n) is 4.74. The van der Waals surface area contributed by atoms with Crippen molar-refractivity contribution in [2.75, 3.05) is 14.2 Å². The number of halogens is 1. The molecule has 1 aromatic carbocycles. The zero-order valence-corrected chi connectivity index (χ0v) is 13.3. The molecule has 1 heterocycles. The zero-order valence-electron chi connectivity index (χ0n) is 12.5. The van der Waals surface area contributed by atoms with E-state index in [0.717, 1.165) is 0 Å². The number of carbonyl (C=O) groups excluding carboxylic acids is 2. The van der Waals surface area contributed by atoms with Crippen LogP contribution in [0.25, 0.3) is 0 Å². The molecule has 7 heteroatoms. The molecule has 0 aromatic heterocycles. The van der Waals surface area contributed by atoms with Gasteiger partial charge in [-0.25, -0.2) is 9.59 Å². The minimum atomic E-state index is -1.23. The van der Waals surface area contributed by atoms with Gasteiger partial charge < -0.3 is 18.9 Å². The summed E-state index contributed by atoms with van der Waals surface area (Å²) in [7, 11) is 2.43. The number of esters is 2. The van der Waals surface area contributed by atoms with Crippen LogP contribution in [0.4, 0.5) is 0 Å². The number of benzene rings is 1. The summed E-state index contributed by atoms with van der Waals surface area (Å²) < 4.78 is 20.9. The van der Waals surface area contributed by atoms with Crippen LogP contribution in [-0.4, -0.2) is 38.4 Å². The van der Waals surface area contributed by atoms with Crippen LogP contribution in [-0.2, 0) is 34.3 Å². The smallest absolute Gasteiger partial charge is 0.338 e. The van der Waals surface area contributed by atoms with E-state index in [4.69, 9.17) is 21.1 Å². The first-order valence-corrected chi connectivity index (χ1v) is 7.12. The molecule has 2 rings (SSSR count). The lowest BCUT2D eigenvalue weighted by molar-refractivity contribution is -0.196. The minimum absolute atomic E-state index is 0.385. The molecule has 0 unspecified atom stereocenters. The fourth-order valence-corrected chi connectivity index (χ4v) is 2.47. The standard InChI is InChI=1S/C15H17ClO6/c1-4-15(9-5-7-10(16)8-6-9)21-11(13(17)19-2)12(22-15)14(18)20-3/h5-8,11-12H,4H2,1-3H3/t11-,12-/m1/s1. The highest BCUT2D eigenvalue weighted by Crippen LogP contribution is 2.41. The van der Waals surface area contributed by atoms with Gasteiger partial charge in [0, 0.05) is 17.0 Å². The lowest BCUT2D eigenvalue weighted by atomic mass is 10.0. The molecule has 1 aromatic rings. The lowest BCUT2D eigenvalue weighted by Crippen LogP contribution is -2.38. The first-order chi connectivity index (χ1) is 10.5. The minimum Gasteiger partial charge on any atom is -0.467 e. The first kappa shape index (κ1) is 16.7. The van der Waals surface area contributed by atoms with Gasteiger partial charge in [-0.3, -0.25) is 0 Å². The molecule has 1 fully saturated rings. The number of hydrogen-bond acceptors (Lipinski definition) is 6. The first-order valence-electron chi connectivity index (χ1n) is 6.74. The van der Waals surface area contributed by atoms with Crippen molar-refractivity contribution in [1.82, 2.24) is 0 Å². The molecule has 0 saturated carbocycles. The lowest BCUT2D eigenvalue weighted by Gasteiger charge is -2.27. The molecule has 1 aliphatic rings. The molecule has 22 heavy (non-hydrogen) atoms. The van der Waals surface area contributed by atoms with Crippen molar-refractivity contribution in [3.8, 4) is 0 Å². The number of methoxy groups -OCH3 is 2. The molecule has 6 nitrogen and oxygen atoms in total. The third-order valence-corrected chi connectivity index (χ3v) is 3.78. The van der Waals surface area contributed by atoms with Gasteiger partial charge in [-0.05, 0) is 12.1 Å². The van der Waals surface area contributed by atoms with E-state index in [1.54, 1.807) is 24.3 Å². The van der Waals surface area contributed by atoms with Crippen LogP contribution in [0.15, 0.2) is 24.3 Å². The van der Waals surface area contributed by atoms with Crippen LogP contribution in [0.2, 0.25) is 5.02 Å². The molecular formula is C15H17ClO6. The Morgan fingerprint density at radius 2 is 1.55 bits per heavy atom. The molecule has 0 amide bonds. The van der Waals surface area contributed by atoms with Gasteiger partial charge in [-0.1, -0.05) is 30.7 Å². The Morgan fingerprint density at radius 1 is 1.09 bits per heavy atom. The summed E-state index contributed by atoms with van der Waals surface area (Å²) in [6.45, 7) is 1.82. The summed E-state index contributed by atoms with van der Waals surface area (Å²) in [5.41, 5.74) is 0.653. The molecule has 0 bridgehead atoms. The average molecular weight is 329 g/mol. The van der Waals surface area contributed by atoms with Crippen molar-refractivity contribution in [2.24, 2.45) is 0 Å². The van der Waals surface area contributed by atoms with E-state index in [9.17, 15) is 9.59 Å². The molecule has 120 valence electrons. The maximum Gasteiger partial charge on any atom is 0.338 e. The predicted molar refractivity (Wildman–Crippen MR) is 77.2 cm³/mol. The Kier molecular flexibility index (Phi) is 5.05. The van der Waals surface area contributed by atoms with E-state index in [2.05, 4.69) is 9.47 Å². The summed E-state index contributed by atoms with van der Waals surface area (Å²) in [4.78, 5) is 23.8. The second-order valence-corrected chi connectivity index (χ2v) is 5.17. The Morgan fingerprint density at radius 3 is 1.91 bits per heavy atom. The van der Waals surface area contributed by atoms with E-state index < -0.39 is 29.9 Å². The fraction of sp³-hybridized carbons (Fsp3) is 0.467. The zero-order chi connectivity index (χ0) is 16.3. The van der Waals surface area contributed by atoms with Gasteiger partial charge in [-0.2, -0.15) is 0 Å². The van der Waals surface area contributed by atoms with Crippen LogP contribution >= 0.6 is 11.6 Å². The monoisotopic (exact) mass is 328 g/mol. The second kappa shape index (κ2) is 6.64. The molecular weight excluding hydrogens is 312 g/mol. The average Bonchev–Trinajstić information content (AvgIpc) is 2.95. The number of ether oxygens (including phenoxy) is 4. The molecule has 1 saturated heterocycles. The third-order valence-electron chi connectivity index (χ3n) is 3.53. The predicted octanol–water partition coefficient (Wildman–Crippen LogP) is 2.03. The van der Waals surface area contributed by atoms with Crippen molar-refractivity contribution in [3.63, 3.8) is 0 Å². The van der Waals surface area contributed by atoms with E-state index in [-0.39, 0.29) is 0 Å². The van der Waals surface area contributed by atoms with Crippen molar-refractivity contribution in [2.45, 2.75) is 31.3 Å². The van der Waals surface area contributed by atoms with E-state index in [0.29, 0.717) is 17.0 Å². The van der Waals surface area contributed by atoms with Gasteiger partial charge in [0.15, 0.2) is 18.0 Å². The summed E-state index contributed by atoms with van der Waals surface area (Å²) in [6, 6.07) is 6.80. The van der Waals surface area contributed by atoms with Gasteiger partial charge >= 0.3 is 11.9 Å². The van der Waals surface area contributed by atoms with E-state index >= 15 is 0 Å². The normalized spacial score (nSPS) is 23.1. The van der Waals surface area contributed by atoms with Gasteiger partial charge in [0.05, 0.1) is 14.2 Å². The number of rotatable bonds is 4. The highest BCUT2D eigenvalue weighted by Gasteiger charge is 2.54. The van der Waals surface area contributed by atoms with Crippen molar-refractivity contribution < 1.29 is 28.5 Å². The van der Waals surface area contributed by atoms with E-state index in [1.807, 2.05) is 6.92 Å². The van der Waals surface area contributed by atoms with Crippen molar-refractivity contribution in [1.29, 1.82) is 0 Å². The fourth-order valence-electron chi connectivity index (χ4n) is 2.35. The highest BCUT2D eigenvalue weighted by atomic mass is 35.5. The Labute approximate surface area is 133 Å². The van der Waals surface area contributed by atoms with Gasteiger partial charge in [0.2, 0.25) is 0 Å². The molecule has 0 radical (unpaired) electrons. The summed E-state index contributed by atoms with van der Waals surface area (Å²) in [5.74, 6) is -2.62. The van der Waals surface area contributed by atoms with Crippen molar-refractivity contribution >= 4 is 23.5 Å². The van der Waals surface area contributed by atoms with Gasteiger partial charge in [0.25, 0.3) is 0 Å². The maximum atomic E-state index is 11.9. The number of carbonyl (C=O) groups is 2. The van der Waals surface area contributed by atoms with Crippen LogP contribution in [0.3, 0.4) is 0 Å². The molecule has 0 N–H and O–H groups in total. The summed E-state index contributed by atoms with van der Waals surface area (Å²) in [5, 5.41) is 0.557. The SMILES string of the molecule is CCC1(c2ccc(Cl)cc2)O[C@@H](C(=O)OC)[C@H](C(=O)OC)O1. The Bertz CT molecular complexity index is 532. The third kappa shape index (κ3) is 2.95. The van der Waals surface area contributed by atoms with Gasteiger partial charge in [-0.15, -0.1) is 0 Å². The van der Waals surface area contributed by atoms with Gasteiger partial charge in [0.1, 0.15) is 0 Å². The maximum absolute atomic E-state index is 11.9. The summed E-state index contributed by atoms with van der Waals surface area (Å²) >= 11 is 5.88. The molecule has 0 spiro atoms. The van der Waals surface area contributed by atoms with Crippen LogP contribution in [0, 0.1) is 0 Å². The summed E-state index contributed by atoms with van der Waals surface area (Å²) in [6.07, 6.45) is -1.99. The van der Waals surface area contributed by atoms with E-state index in [1.165, 1.54) is 14.2 Å². The molecule has 1 aliphatic heterocycles. The molecule has 0 aliphatic carbocycles. The Balaban J connectivity index is 2.39. The van der Waals surface area contributed by atoms with Crippen LogP contribution in [0.5, 0.6) is 0 Å². The molecule has 2 atom stereocenters. The largest absolute Gasteiger partial charge is 0.467 e. The highest BCUT2D eigenvalue weighted by molar-refractivity contribution is 6.30.